The normalized spacial score (nSPS) is 15.3. The summed E-state index contributed by atoms with van der Waals surface area (Å²) in [6.45, 7) is 4.92. The number of fused-ring (bicyclic) bond motifs is 1. The molecule has 6 nitrogen and oxygen atoms in total. The average molecular weight is 376 g/mol. The number of carbonyl (C=O) groups is 1. The minimum atomic E-state index is -0.0397. The molecular weight excluding hydrogens is 352 g/mol. The summed E-state index contributed by atoms with van der Waals surface area (Å²) in [6.07, 6.45) is 3.99. The van der Waals surface area contributed by atoms with Crippen molar-refractivity contribution in [2.45, 2.75) is 0 Å². The first kappa shape index (κ1) is 18.4. The number of nitrogens with zero attached hydrogens (tertiary/aromatic N) is 2. The third-order valence-corrected chi connectivity index (χ3v) is 4.92. The van der Waals surface area contributed by atoms with E-state index < -0.39 is 0 Å². The van der Waals surface area contributed by atoms with Crippen molar-refractivity contribution in [3.63, 3.8) is 0 Å². The van der Waals surface area contributed by atoms with Gasteiger partial charge in [-0.15, -0.1) is 0 Å². The van der Waals surface area contributed by atoms with E-state index in [1.165, 1.54) is 0 Å². The average Bonchev–Trinajstić information content (AvgIpc) is 3.16. The third kappa shape index (κ3) is 4.47. The number of rotatable bonds is 6. The summed E-state index contributed by atoms with van der Waals surface area (Å²) in [7, 11) is 0. The first-order valence-corrected chi connectivity index (χ1v) is 9.59. The summed E-state index contributed by atoms with van der Waals surface area (Å²) in [4.78, 5) is 14.6. The Morgan fingerprint density at radius 3 is 2.71 bits per heavy atom. The van der Waals surface area contributed by atoms with Crippen molar-refractivity contribution >= 4 is 29.0 Å². The molecule has 0 aliphatic carbocycles. The van der Waals surface area contributed by atoms with Crippen LogP contribution < -0.4 is 5.32 Å². The molecule has 28 heavy (non-hydrogen) atoms. The molecule has 4 rings (SSSR count). The molecule has 144 valence electrons. The van der Waals surface area contributed by atoms with Gasteiger partial charge >= 0.3 is 0 Å². The molecule has 0 radical (unpaired) electrons. The molecule has 2 N–H and O–H groups in total. The van der Waals surface area contributed by atoms with Gasteiger partial charge in [-0.1, -0.05) is 36.4 Å². The molecule has 3 aromatic rings. The number of morpholine rings is 1. The maximum Gasteiger partial charge on any atom is 0.251 e. The van der Waals surface area contributed by atoms with E-state index in [-0.39, 0.29) is 5.91 Å². The van der Waals surface area contributed by atoms with Crippen molar-refractivity contribution in [3.8, 4) is 0 Å². The van der Waals surface area contributed by atoms with E-state index in [4.69, 9.17) is 4.74 Å². The largest absolute Gasteiger partial charge is 0.379 e. The lowest BCUT2D eigenvalue weighted by atomic mass is 10.1. The molecule has 1 saturated heterocycles. The van der Waals surface area contributed by atoms with Gasteiger partial charge in [-0.3, -0.25) is 14.8 Å². The van der Waals surface area contributed by atoms with Crippen LogP contribution >= 0.6 is 0 Å². The number of amides is 1. The fourth-order valence-electron chi connectivity index (χ4n) is 3.29. The van der Waals surface area contributed by atoms with Gasteiger partial charge < -0.3 is 10.1 Å². The van der Waals surface area contributed by atoms with Crippen LogP contribution in [-0.2, 0) is 4.74 Å². The number of benzene rings is 2. The maximum atomic E-state index is 12.3. The zero-order valence-corrected chi connectivity index (χ0v) is 15.7. The molecule has 1 amide bonds. The van der Waals surface area contributed by atoms with E-state index in [0.717, 1.165) is 55.0 Å². The summed E-state index contributed by atoms with van der Waals surface area (Å²) >= 11 is 0. The van der Waals surface area contributed by atoms with Crippen LogP contribution in [0.4, 0.5) is 0 Å². The summed E-state index contributed by atoms with van der Waals surface area (Å²) in [6, 6.07) is 15.6. The number of hydrogen-bond acceptors (Lipinski definition) is 4. The van der Waals surface area contributed by atoms with Crippen molar-refractivity contribution in [1.82, 2.24) is 20.4 Å². The Balaban J connectivity index is 1.32. The number of nitrogens with one attached hydrogen (secondary N) is 2. The van der Waals surface area contributed by atoms with Gasteiger partial charge in [0.25, 0.3) is 5.91 Å². The second-order valence-electron chi connectivity index (χ2n) is 6.82. The van der Waals surface area contributed by atoms with E-state index in [0.29, 0.717) is 12.1 Å². The number of H-pyrrole nitrogens is 1. The second-order valence-corrected chi connectivity index (χ2v) is 6.82. The van der Waals surface area contributed by atoms with Gasteiger partial charge in [0.2, 0.25) is 0 Å². The Labute approximate surface area is 164 Å². The Hall–Kier alpha value is -2.96. The van der Waals surface area contributed by atoms with Crippen LogP contribution in [0.5, 0.6) is 0 Å². The van der Waals surface area contributed by atoms with Gasteiger partial charge in [0.15, 0.2) is 0 Å². The zero-order valence-electron chi connectivity index (χ0n) is 15.7. The Morgan fingerprint density at radius 1 is 1.11 bits per heavy atom. The van der Waals surface area contributed by atoms with Crippen LogP contribution in [-0.4, -0.2) is 60.4 Å². The summed E-state index contributed by atoms with van der Waals surface area (Å²) in [5.41, 5.74) is 3.62. The van der Waals surface area contributed by atoms with Crippen LogP contribution in [0.3, 0.4) is 0 Å². The van der Waals surface area contributed by atoms with E-state index in [2.05, 4.69) is 20.4 Å². The first-order chi connectivity index (χ1) is 13.8. The molecule has 0 saturated carbocycles. The number of aromatic nitrogens is 2. The standard InChI is InChI=1S/C22H24N4O2/c27-22(23-11-12-26-13-15-28-16-14-26)18-8-5-17(6-9-18)7-10-21-19-3-1-2-4-20(19)24-25-21/h1-10H,11-16H2,(H,23,27)(H,24,25). The lowest BCUT2D eigenvalue weighted by molar-refractivity contribution is 0.0383. The molecule has 2 aromatic carbocycles. The van der Waals surface area contributed by atoms with Gasteiger partial charge in [-0.2, -0.15) is 5.10 Å². The fraction of sp³-hybridized carbons (Fsp3) is 0.273. The third-order valence-electron chi connectivity index (χ3n) is 4.92. The summed E-state index contributed by atoms with van der Waals surface area (Å²) < 4.78 is 5.33. The molecule has 1 aliphatic heterocycles. The summed E-state index contributed by atoms with van der Waals surface area (Å²) in [5.74, 6) is -0.0397. The smallest absolute Gasteiger partial charge is 0.251 e. The molecule has 0 spiro atoms. The Morgan fingerprint density at radius 2 is 1.89 bits per heavy atom. The quantitative estimate of drug-likeness (QED) is 0.694. The van der Waals surface area contributed by atoms with Crippen molar-refractivity contribution in [2.75, 3.05) is 39.4 Å². The molecule has 1 aromatic heterocycles. The molecule has 2 heterocycles. The predicted molar refractivity (Wildman–Crippen MR) is 111 cm³/mol. The first-order valence-electron chi connectivity index (χ1n) is 9.59. The van der Waals surface area contributed by atoms with E-state index in [9.17, 15) is 4.79 Å². The maximum absolute atomic E-state index is 12.3. The molecule has 1 aliphatic rings. The van der Waals surface area contributed by atoms with Gasteiger partial charge in [0, 0.05) is 37.1 Å². The van der Waals surface area contributed by atoms with E-state index in [1.807, 2.05) is 60.7 Å². The van der Waals surface area contributed by atoms with E-state index >= 15 is 0 Å². The van der Waals surface area contributed by atoms with Gasteiger partial charge in [0.05, 0.1) is 24.4 Å². The van der Waals surface area contributed by atoms with Gasteiger partial charge in [0.1, 0.15) is 0 Å². The highest BCUT2D eigenvalue weighted by Gasteiger charge is 2.10. The minimum absolute atomic E-state index is 0.0397. The number of aromatic amines is 1. The van der Waals surface area contributed by atoms with Crippen LogP contribution in [0.1, 0.15) is 21.6 Å². The van der Waals surface area contributed by atoms with Crippen molar-refractivity contribution in [3.05, 3.63) is 65.4 Å². The van der Waals surface area contributed by atoms with Crippen molar-refractivity contribution < 1.29 is 9.53 Å². The van der Waals surface area contributed by atoms with Crippen LogP contribution in [0.25, 0.3) is 23.1 Å². The molecular formula is C22H24N4O2. The van der Waals surface area contributed by atoms with Crippen molar-refractivity contribution in [1.29, 1.82) is 0 Å². The topological polar surface area (TPSA) is 70.2 Å². The van der Waals surface area contributed by atoms with E-state index in [1.54, 1.807) is 0 Å². The molecule has 0 unspecified atom stereocenters. The molecule has 0 bridgehead atoms. The molecule has 6 heteroatoms. The highest BCUT2D eigenvalue weighted by atomic mass is 16.5. The van der Waals surface area contributed by atoms with Gasteiger partial charge in [-0.05, 0) is 29.8 Å². The lowest BCUT2D eigenvalue weighted by Gasteiger charge is -2.26. The lowest BCUT2D eigenvalue weighted by Crippen LogP contribution is -2.41. The number of carbonyl (C=O) groups excluding carboxylic acids is 1. The van der Waals surface area contributed by atoms with Crippen LogP contribution in [0.15, 0.2) is 48.5 Å². The zero-order chi connectivity index (χ0) is 19.2. The highest BCUT2D eigenvalue weighted by molar-refractivity contribution is 5.94. The number of hydrogen-bond donors (Lipinski definition) is 2. The minimum Gasteiger partial charge on any atom is -0.379 e. The number of ether oxygens (including phenoxy) is 1. The van der Waals surface area contributed by atoms with Gasteiger partial charge in [-0.25, -0.2) is 0 Å². The monoisotopic (exact) mass is 376 g/mol. The van der Waals surface area contributed by atoms with Crippen molar-refractivity contribution in [2.24, 2.45) is 0 Å². The SMILES string of the molecule is O=C(NCCN1CCOCC1)c1ccc(C=Cc2n[nH]c3ccccc23)cc1. The Bertz CT molecular complexity index is 956. The number of para-hydroxylation sites is 1. The molecule has 0 atom stereocenters. The van der Waals surface area contributed by atoms with Crippen LogP contribution in [0.2, 0.25) is 0 Å². The molecule has 1 fully saturated rings. The Kier molecular flexibility index (Phi) is 5.80. The van der Waals surface area contributed by atoms with Crippen LogP contribution in [0, 0.1) is 0 Å². The summed E-state index contributed by atoms with van der Waals surface area (Å²) in [5, 5.41) is 11.4. The second kappa shape index (κ2) is 8.82. The fourth-order valence-corrected chi connectivity index (χ4v) is 3.29. The highest BCUT2D eigenvalue weighted by Crippen LogP contribution is 2.17. The predicted octanol–water partition coefficient (Wildman–Crippen LogP) is 2.80.